The van der Waals surface area contributed by atoms with Gasteiger partial charge in [0.15, 0.2) is 5.58 Å². The van der Waals surface area contributed by atoms with Gasteiger partial charge < -0.3 is 54.8 Å². The first-order valence-electron chi connectivity index (χ1n) is 19.3. The van der Waals surface area contributed by atoms with Crippen LogP contribution in [0.1, 0.15) is 0 Å². The van der Waals surface area contributed by atoms with Gasteiger partial charge in [-0.15, -0.1) is 0 Å². The van der Waals surface area contributed by atoms with Gasteiger partial charge in [0.05, 0.1) is 43.4 Å². The van der Waals surface area contributed by atoms with E-state index in [1.807, 2.05) is 52.3 Å². The summed E-state index contributed by atoms with van der Waals surface area (Å²) in [5, 5.41) is 26.4. The van der Waals surface area contributed by atoms with Gasteiger partial charge in [-0.2, -0.15) is 34.2 Å². The van der Waals surface area contributed by atoms with Crippen molar-refractivity contribution < 1.29 is 101 Å². The molecule has 26 heteroatoms. The SMILES string of the molecule is O=S(=O)([O-])c1ccc(Nc2nc(Nc3ccc(-c4nc5ccc(Nc6nc(Nc7ccc(SOO[O-])cc7)nc(N7CCOCC7)n6)cc5o4)cc3)nc(N3CCOCC3)n2)cc1.[Na+].[Na+]. The van der Waals surface area contributed by atoms with Crippen LogP contribution >= 0.6 is 12.0 Å². The molecule has 2 fully saturated rings. The fraction of sp³-hybridized carbons (Fsp3) is 0.205. The minimum absolute atomic E-state index is 0. The Balaban J connectivity index is 0.00000315. The topological polar surface area (TPSA) is 275 Å². The van der Waals surface area contributed by atoms with E-state index in [2.05, 4.69) is 55.6 Å². The number of benzene rings is 4. The summed E-state index contributed by atoms with van der Waals surface area (Å²) in [6, 6.07) is 25.3. The molecule has 4 N–H and O–H groups in total. The van der Waals surface area contributed by atoms with Crippen LogP contribution in [0.25, 0.3) is 22.6 Å². The van der Waals surface area contributed by atoms with Crippen molar-refractivity contribution in [3.63, 3.8) is 0 Å². The molecule has 9 rings (SSSR count). The van der Waals surface area contributed by atoms with Crippen molar-refractivity contribution >= 4 is 91.7 Å². The largest absolute Gasteiger partial charge is 1.00 e. The van der Waals surface area contributed by atoms with E-state index in [9.17, 15) is 18.2 Å². The summed E-state index contributed by atoms with van der Waals surface area (Å²) in [6.45, 7) is 4.52. The molecule has 0 spiro atoms. The molecule has 0 bridgehead atoms. The Morgan fingerprint density at radius 2 is 1.03 bits per heavy atom. The zero-order valence-electron chi connectivity index (χ0n) is 34.8. The van der Waals surface area contributed by atoms with E-state index in [0.29, 0.717) is 121 Å². The molecule has 0 atom stereocenters. The van der Waals surface area contributed by atoms with E-state index < -0.39 is 10.1 Å². The first-order chi connectivity index (χ1) is 30.7. The van der Waals surface area contributed by atoms with Gasteiger partial charge in [-0.25, -0.2) is 13.4 Å². The van der Waals surface area contributed by atoms with Gasteiger partial charge in [-0.05, 0) is 84.9 Å². The fourth-order valence-electron chi connectivity index (χ4n) is 6.45. The average Bonchev–Trinajstić information content (AvgIpc) is 3.73. The Labute approximate surface area is 419 Å². The average molecular weight is 940 g/mol. The van der Waals surface area contributed by atoms with Crippen LogP contribution in [0.15, 0.2) is 105 Å². The molecule has 0 saturated carbocycles. The summed E-state index contributed by atoms with van der Waals surface area (Å²) < 4.78 is 55.9. The summed E-state index contributed by atoms with van der Waals surface area (Å²) in [5.74, 6) is 2.37. The van der Waals surface area contributed by atoms with Crippen LogP contribution in [0.2, 0.25) is 0 Å². The van der Waals surface area contributed by atoms with Crippen molar-refractivity contribution in [2.45, 2.75) is 9.79 Å². The summed E-state index contributed by atoms with van der Waals surface area (Å²) in [7, 11) is -4.59. The number of ether oxygens (including phenoxy) is 2. The molecule has 2 saturated heterocycles. The van der Waals surface area contributed by atoms with Crippen LogP contribution < -0.4 is 95.4 Å². The number of anilines is 10. The summed E-state index contributed by atoms with van der Waals surface area (Å²) in [4.78, 5) is 36.8. The van der Waals surface area contributed by atoms with Crippen molar-refractivity contribution in [3.8, 4) is 11.5 Å². The monoisotopic (exact) mass is 939 g/mol. The van der Waals surface area contributed by atoms with E-state index in [0.717, 1.165) is 17.6 Å². The molecular weight excluding hydrogens is 905 g/mol. The quantitative estimate of drug-likeness (QED) is 0.0304. The van der Waals surface area contributed by atoms with E-state index in [1.54, 1.807) is 24.3 Å². The molecule has 2 aliphatic rings. The van der Waals surface area contributed by atoms with Crippen LogP contribution in [0.3, 0.4) is 0 Å². The van der Waals surface area contributed by atoms with Crippen LogP contribution in [0, 0.1) is 0 Å². The fourth-order valence-corrected chi connectivity index (χ4v) is 7.28. The zero-order chi connectivity index (χ0) is 43.2. The molecule has 5 heterocycles. The normalized spacial score (nSPS) is 14.0. The predicted molar refractivity (Wildman–Crippen MR) is 227 cm³/mol. The minimum atomic E-state index is -4.59. The van der Waals surface area contributed by atoms with Gasteiger partial charge in [0, 0.05) is 65.5 Å². The third-order valence-corrected chi connectivity index (χ3v) is 11.0. The van der Waals surface area contributed by atoms with Crippen LogP contribution in [-0.4, -0.2) is 100 Å². The Hall–Kier alpha value is -4.77. The van der Waals surface area contributed by atoms with Crippen LogP contribution in [0.4, 0.5) is 58.4 Å². The van der Waals surface area contributed by atoms with Crippen molar-refractivity contribution in [3.05, 3.63) is 91.0 Å². The number of rotatable bonds is 15. The molecule has 7 aromatic rings. The second-order valence-electron chi connectivity index (χ2n) is 13.8. The first-order valence-corrected chi connectivity index (χ1v) is 21.4. The molecule has 4 aromatic carbocycles. The maximum absolute atomic E-state index is 11.4. The van der Waals surface area contributed by atoms with Crippen LogP contribution in [-0.2, 0) is 29.0 Å². The van der Waals surface area contributed by atoms with Gasteiger partial charge in [-0.3, -0.25) is 5.04 Å². The molecular formula is C39H35N13Na2O9S2. The minimum Gasteiger partial charge on any atom is -0.744 e. The van der Waals surface area contributed by atoms with E-state index in [-0.39, 0.29) is 75.9 Å². The second kappa shape index (κ2) is 22.1. The number of nitrogens with zero attached hydrogens (tertiary/aromatic N) is 9. The third-order valence-electron chi connectivity index (χ3n) is 9.54. The Morgan fingerprint density at radius 3 is 1.51 bits per heavy atom. The van der Waals surface area contributed by atoms with Gasteiger partial charge >= 0.3 is 59.1 Å². The van der Waals surface area contributed by atoms with Gasteiger partial charge in [0.2, 0.25) is 41.6 Å². The zero-order valence-corrected chi connectivity index (χ0v) is 40.5. The number of hydrogen-bond acceptors (Lipinski definition) is 23. The number of nitrogens with one attached hydrogen (secondary N) is 4. The number of aromatic nitrogens is 7. The molecule has 0 radical (unpaired) electrons. The number of hydrogen-bond donors (Lipinski definition) is 4. The van der Waals surface area contributed by atoms with Crippen molar-refractivity contribution in [2.75, 3.05) is 83.7 Å². The van der Waals surface area contributed by atoms with Crippen LogP contribution in [0.5, 0.6) is 0 Å². The first kappa shape index (κ1) is 48.2. The van der Waals surface area contributed by atoms with E-state index in [4.69, 9.17) is 23.9 Å². The smallest absolute Gasteiger partial charge is 0.744 e. The summed E-state index contributed by atoms with van der Waals surface area (Å²) >= 11 is 0.792. The van der Waals surface area contributed by atoms with Crippen molar-refractivity contribution in [2.24, 2.45) is 0 Å². The number of fused-ring (bicyclic) bond motifs is 1. The van der Waals surface area contributed by atoms with Crippen molar-refractivity contribution in [1.29, 1.82) is 0 Å². The predicted octanol–water partition coefficient (Wildman–Crippen LogP) is -1.34. The van der Waals surface area contributed by atoms with Gasteiger partial charge in [0.1, 0.15) is 15.6 Å². The maximum Gasteiger partial charge on any atom is 1.00 e. The van der Waals surface area contributed by atoms with Gasteiger partial charge in [0.25, 0.3) is 0 Å². The second-order valence-corrected chi connectivity index (χ2v) is 15.9. The molecule has 2 aliphatic heterocycles. The molecule has 0 aliphatic carbocycles. The maximum atomic E-state index is 11.4. The molecule has 65 heavy (non-hydrogen) atoms. The van der Waals surface area contributed by atoms with E-state index in [1.165, 1.54) is 24.3 Å². The molecule has 22 nitrogen and oxygen atoms in total. The number of morpholine rings is 2. The van der Waals surface area contributed by atoms with Gasteiger partial charge in [-0.1, -0.05) is 0 Å². The Kier molecular flexibility index (Phi) is 16.4. The summed E-state index contributed by atoms with van der Waals surface area (Å²) in [6.07, 6.45) is 0. The molecule has 3 aromatic heterocycles. The molecule has 0 unspecified atom stereocenters. The van der Waals surface area contributed by atoms with Crippen molar-refractivity contribution in [1.82, 2.24) is 34.9 Å². The third kappa shape index (κ3) is 12.6. The summed E-state index contributed by atoms with van der Waals surface area (Å²) in [5.41, 5.74) is 4.41. The Bertz CT molecular complexity index is 2810. The number of oxazole rings is 1. The standard InChI is InChI=1S/C39H37N13O9S2.2Na/c53-60-61-62-29-10-5-26(6-11-29)41-35-46-37(50-39(48-35)52-17-21-58-22-18-52)43-28-9-14-31-32(23-28)59-33(44-31)24-1-3-25(4-2-24)40-34-45-36(49-38(47-34)51-15-19-57-20-16-51)42-27-7-12-30(13-8-27)63(54,55)56;;/h1-14,23,53H,15-22H2,(H,54,55,56)(H2,40,42,45,47,49)(H2,41,43,46,48,50);;/q;2*+1/p-2. The Morgan fingerprint density at radius 1 is 0.585 bits per heavy atom. The molecule has 0 amide bonds. The molecule has 324 valence electrons. The van der Waals surface area contributed by atoms with E-state index >= 15 is 0 Å².